The number of nitrogens with zero attached hydrogens (tertiary/aromatic N) is 4. The zero-order chi connectivity index (χ0) is 28.2. The minimum atomic E-state index is -0.444. The molecule has 5 rings (SSSR count). The number of hydrogen-bond acceptors (Lipinski definition) is 5. The first-order valence-corrected chi connectivity index (χ1v) is 13.6. The van der Waals surface area contributed by atoms with E-state index in [0.29, 0.717) is 32.2 Å². The quantitative estimate of drug-likeness (QED) is 0.326. The Balaban J connectivity index is 1.52. The number of halogens is 2. The molecule has 0 saturated carbocycles. The van der Waals surface area contributed by atoms with Gasteiger partial charge >= 0.3 is 5.69 Å². The van der Waals surface area contributed by atoms with Crippen molar-refractivity contribution in [3.05, 3.63) is 115 Å². The van der Waals surface area contributed by atoms with E-state index in [0.717, 1.165) is 5.56 Å². The molecule has 40 heavy (non-hydrogen) atoms. The number of carbonyl (C=O) groups excluding carboxylic acids is 2. The molecular weight excluding hydrogens is 598 g/mol. The SMILES string of the molecule is N#CCOc1ccc(-n2c(C(=O)NCc3ccccc3)c3n(c2=O)CCN(C(=O)c2ccc(Br)c(Cl)c2)C3)cc1. The molecule has 9 nitrogen and oxygen atoms in total. The van der Waals surface area contributed by atoms with Crippen molar-refractivity contribution in [2.24, 2.45) is 0 Å². The molecule has 4 aromatic rings. The third-order valence-corrected chi connectivity index (χ3v) is 7.77. The van der Waals surface area contributed by atoms with Gasteiger partial charge in [-0.3, -0.25) is 18.7 Å². The standard InChI is InChI=1S/C29H23BrClN5O4/c30-23-11-6-20(16-24(23)31)28(38)34-13-14-35-25(18-34)26(27(37)33-17-19-4-2-1-3-5-19)36(29(35)39)21-7-9-22(10-8-21)40-15-12-32/h1-11,16H,13-15,17-18H2,(H,33,37). The fourth-order valence-electron chi connectivity index (χ4n) is 4.59. The Kier molecular flexibility index (Phi) is 8.05. The Hall–Kier alpha value is -4.33. The summed E-state index contributed by atoms with van der Waals surface area (Å²) in [6.45, 7) is 0.723. The Bertz CT molecular complexity index is 1680. The van der Waals surface area contributed by atoms with Gasteiger partial charge < -0.3 is 15.0 Å². The number of nitriles is 1. The van der Waals surface area contributed by atoms with Crippen molar-refractivity contribution >= 4 is 39.3 Å². The molecule has 0 saturated heterocycles. The molecule has 1 N–H and O–H groups in total. The van der Waals surface area contributed by atoms with E-state index in [2.05, 4.69) is 21.2 Å². The van der Waals surface area contributed by atoms with Crippen LogP contribution in [0.3, 0.4) is 0 Å². The third-order valence-electron chi connectivity index (χ3n) is 6.54. The van der Waals surface area contributed by atoms with Crippen LogP contribution in [0.5, 0.6) is 5.75 Å². The molecule has 0 atom stereocenters. The van der Waals surface area contributed by atoms with Gasteiger partial charge in [-0.25, -0.2) is 4.79 Å². The van der Waals surface area contributed by atoms with Crippen LogP contribution in [0.1, 0.15) is 32.1 Å². The number of amides is 2. The van der Waals surface area contributed by atoms with Crippen molar-refractivity contribution in [1.29, 1.82) is 5.26 Å². The maximum absolute atomic E-state index is 13.7. The molecular formula is C29H23BrClN5O4. The first-order chi connectivity index (χ1) is 19.4. The molecule has 0 spiro atoms. The monoisotopic (exact) mass is 619 g/mol. The first-order valence-electron chi connectivity index (χ1n) is 12.4. The van der Waals surface area contributed by atoms with Crippen LogP contribution >= 0.6 is 27.5 Å². The first kappa shape index (κ1) is 27.2. The maximum atomic E-state index is 13.7. The zero-order valence-electron chi connectivity index (χ0n) is 21.1. The number of rotatable bonds is 7. The predicted molar refractivity (Wildman–Crippen MR) is 153 cm³/mol. The summed E-state index contributed by atoms with van der Waals surface area (Å²) in [6, 6.07) is 22.9. The van der Waals surface area contributed by atoms with Crippen molar-refractivity contribution < 1.29 is 14.3 Å². The molecule has 1 aliphatic rings. The lowest BCUT2D eigenvalue weighted by Gasteiger charge is -2.28. The average Bonchev–Trinajstić information content (AvgIpc) is 3.28. The van der Waals surface area contributed by atoms with Gasteiger partial charge in [0.1, 0.15) is 17.5 Å². The summed E-state index contributed by atoms with van der Waals surface area (Å²) in [5.74, 6) is -0.238. The van der Waals surface area contributed by atoms with E-state index in [-0.39, 0.29) is 50.1 Å². The van der Waals surface area contributed by atoms with Gasteiger partial charge in [-0.05, 0) is 64.0 Å². The Morgan fingerprint density at radius 2 is 1.80 bits per heavy atom. The summed E-state index contributed by atoms with van der Waals surface area (Å²) >= 11 is 9.56. The third kappa shape index (κ3) is 5.52. The average molecular weight is 621 g/mol. The second-order valence-corrected chi connectivity index (χ2v) is 10.3. The normalized spacial score (nSPS) is 12.4. The van der Waals surface area contributed by atoms with Gasteiger partial charge in [0.2, 0.25) is 0 Å². The van der Waals surface area contributed by atoms with Crippen LogP contribution in [0.15, 0.2) is 82.1 Å². The molecule has 1 aliphatic heterocycles. The smallest absolute Gasteiger partial charge is 0.333 e. The van der Waals surface area contributed by atoms with E-state index in [4.69, 9.17) is 21.6 Å². The number of fused-ring (bicyclic) bond motifs is 1. The molecule has 0 radical (unpaired) electrons. The molecule has 3 aromatic carbocycles. The van der Waals surface area contributed by atoms with Gasteiger partial charge in [-0.1, -0.05) is 41.9 Å². The van der Waals surface area contributed by atoms with Gasteiger partial charge in [0.25, 0.3) is 11.8 Å². The highest BCUT2D eigenvalue weighted by atomic mass is 79.9. The fraction of sp³-hybridized carbons (Fsp3) is 0.172. The lowest BCUT2D eigenvalue weighted by atomic mass is 10.1. The second-order valence-electron chi connectivity index (χ2n) is 9.03. The van der Waals surface area contributed by atoms with Gasteiger partial charge in [0, 0.05) is 29.7 Å². The Morgan fingerprint density at radius 3 is 2.50 bits per heavy atom. The van der Waals surface area contributed by atoms with Gasteiger partial charge in [0.05, 0.1) is 22.9 Å². The number of aromatic nitrogens is 2. The van der Waals surface area contributed by atoms with E-state index in [9.17, 15) is 14.4 Å². The lowest BCUT2D eigenvalue weighted by Crippen LogP contribution is -2.41. The summed E-state index contributed by atoms with van der Waals surface area (Å²) in [6.07, 6.45) is 0. The van der Waals surface area contributed by atoms with Crippen molar-refractivity contribution in [2.75, 3.05) is 13.2 Å². The predicted octanol–water partition coefficient (Wildman–Crippen LogP) is 4.54. The van der Waals surface area contributed by atoms with Crippen LogP contribution in [0.25, 0.3) is 5.69 Å². The Labute approximate surface area is 243 Å². The molecule has 0 bridgehead atoms. The number of nitrogens with one attached hydrogen (secondary N) is 1. The number of ether oxygens (including phenoxy) is 1. The van der Waals surface area contributed by atoms with Crippen molar-refractivity contribution in [2.45, 2.75) is 19.6 Å². The number of carbonyl (C=O) groups is 2. The number of benzene rings is 3. The second kappa shape index (κ2) is 11.8. The van der Waals surface area contributed by atoms with Crippen LogP contribution in [0, 0.1) is 11.3 Å². The summed E-state index contributed by atoms with van der Waals surface area (Å²) in [5.41, 5.74) is 1.97. The Morgan fingerprint density at radius 1 is 1.05 bits per heavy atom. The van der Waals surface area contributed by atoms with Crippen molar-refractivity contribution in [3.8, 4) is 17.5 Å². The van der Waals surface area contributed by atoms with Crippen molar-refractivity contribution in [3.63, 3.8) is 0 Å². The highest BCUT2D eigenvalue weighted by Gasteiger charge is 2.32. The summed E-state index contributed by atoms with van der Waals surface area (Å²) in [5, 5.41) is 12.1. The molecule has 1 aromatic heterocycles. The van der Waals surface area contributed by atoms with E-state index < -0.39 is 5.91 Å². The van der Waals surface area contributed by atoms with Crippen LogP contribution < -0.4 is 15.7 Å². The van der Waals surface area contributed by atoms with Crippen LogP contribution in [0.4, 0.5) is 0 Å². The van der Waals surface area contributed by atoms with E-state index >= 15 is 0 Å². The van der Waals surface area contributed by atoms with E-state index in [1.165, 1.54) is 9.13 Å². The fourth-order valence-corrected chi connectivity index (χ4v) is 5.01. The number of imidazole rings is 1. The van der Waals surface area contributed by atoms with Crippen molar-refractivity contribution in [1.82, 2.24) is 19.4 Å². The van der Waals surface area contributed by atoms with Crippen LogP contribution in [0.2, 0.25) is 5.02 Å². The minimum absolute atomic E-state index is 0.0617. The summed E-state index contributed by atoms with van der Waals surface area (Å²) < 4.78 is 8.90. The minimum Gasteiger partial charge on any atom is -0.479 e. The van der Waals surface area contributed by atoms with Gasteiger partial charge in [0.15, 0.2) is 6.61 Å². The summed E-state index contributed by atoms with van der Waals surface area (Å²) in [7, 11) is 0. The van der Waals surface area contributed by atoms with Crippen LogP contribution in [-0.4, -0.2) is 39.0 Å². The highest BCUT2D eigenvalue weighted by molar-refractivity contribution is 9.10. The van der Waals surface area contributed by atoms with Gasteiger partial charge in [-0.15, -0.1) is 0 Å². The van der Waals surface area contributed by atoms with E-state index in [1.54, 1.807) is 47.4 Å². The van der Waals surface area contributed by atoms with E-state index in [1.807, 2.05) is 36.4 Å². The molecule has 2 heterocycles. The largest absolute Gasteiger partial charge is 0.479 e. The molecule has 0 aliphatic carbocycles. The molecule has 11 heteroatoms. The zero-order valence-corrected chi connectivity index (χ0v) is 23.5. The molecule has 0 fully saturated rings. The molecule has 202 valence electrons. The maximum Gasteiger partial charge on any atom is 0.333 e. The molecule has 2 amide bonds. The summed E-state index contributed by atoms with van der Waals surface area (Å²) in [4.78, 5) is 42.3. The highest BCUT2D eigenvalue weighted by Crippen LogP contribution is 2.26. The van der Waals surface area contributed by atoms with Crippen LogP contribution in [-0.2, 0) is 19.6 Å². The number of hydrogen-bond donors (Lipinski definition) is 1. The topological polar surface area (TPSA) is 109 Å². The molecule has 0 unspecified atom stereocenters. The van der Waals surface area contributed by atoms with Gasteiger partial charge in [-0.2, -0.15) is 5.26 Å². The lowest BCUT2D eigenvalue weighted by molar-refractivity contribution is 0.0706.